The molecule has 2 aromatic carbocycles. The van der Waals surface area contributed by atoms with Gasteiger partial charge in [0, 0.05) is 36.5 Å². The van der Waals surface area contributed by atoms with E-state index in [1.807, 2.05) is 24.3 Å². The molecule has 31 heavy (non-hydrogen) atoms. The molecule has 0 aliphatic rings. The molecule has 4 aromatic rings. The van der Waals surface area contributed by atoms with Crippen molar-refractivity contribution in [3.8, 4) is 0 Å². The Bertz CT molecular complexity index is 1400. The Hall–Kier alpha value is -4.14. The summed E-state index contributed by atoms with van der Waals surface area (Å²) in [4.78, 5) is 54.5. The lowest BCUT2D eigenvalue weighted by atomic mass is 10.0. The van der Waals surface area contributed by atoms with Gasteiger partial charge in [-0.15, -0.1) is 0 Å². The molecule has 4 N–H and O–H groups in total. The average molecular weight is 420 g/mol. The van der Waals surface area contributed by atoms with Crippen LogP contribution in [0.1, 0.15) is 12.0 Å². The molecule has 0 unspecified atom stereocenters. The minimum absolute atomic E-state index is 0.0988. The SMILES string of the molecule is O=C(CCn1c(=O)[nH]c2ccccc2c1=O)N[C@@H](Cc1c[nH]c2ccccc12)C(=O)O. The lowest BCUT2D eigenvalue weighted by Crippen LogP contribution is -2.43. The maximum atomic E-state index is 12.5. The van der Waals surface area contributed by atoms with Crippen molar-refractivity contribution in [2.75, 3.05) is 0 Å². The zero-order valence-corrected chi connectivity index (χ0v) is 16.4. The molecule has 0 spiro atoms. The number of nitrogens with zero attached hydrogens (tertiary/aromatic N) is 1. The van der Waals surface area contributed by atoms with Crippen LogP contribution in [0.3, 0.4) is 0 Å². The Morgan fingerprint density at radius 2 is 1.68 bits per heavy atom. The zero-order chi connectivity index (χ0) is 22.0. The number of aromatic nitrogens is 3. The molecule has 4 rings (SSSR count). The molecule has 2 heterocycles. The van der Waals surface area contributed by atoms with Crippen LogP contribution in [0.15, 0.2) is 64.3 Å². The predicted molar refractivity (Wildman–Crippen MR) is 115 cm³/mol. The van der Waals surface area contributed by atoms with Gasteiger partial charge in [-0.1, -0.05) is 30.3 Å². The molecule has 2 aromatic heterocycles. The number of H-pyrrole nitrogens is 2. The van der Waals surface area contributed by atoms with Crippen LogP contribution in [0, 0.1) is 0 Å². The highest BCUT2D eigenvalue weighted by molar-refractivity contribution is 5.86. The van der Waals surface area contributed by atoms with Gasteiger partial charge < -0.3 is 20.4 Å². The summed E-state index contributed by atoms with van der Waals surface area (Å²) in [5.74, 6) is -1.73. The molecule has 0 bridgehead atoms. The van der Waals surface area contributed by atoms with Crippen LogP contribution < -0.4 is 16.6 Å². The van der Waals surface area contributed by atoms with E-state index in [0.717, 1.165) is 21.0 Å². The van der Waals surface area contributed by atoms with E-state index in [4.69, 9.17) is 0 Å². The average Bonchev–Trinajstić information content (AvgIpc) is 3.16. The van der Waals surface area contributed by atoms with Gasteiger partial charge in [0.1, 0.15) is 6.04 Å². The first-order valence-corrected chi connectivity index (χ1v) is 9.73. The van der Waals surface area contributed by atoms with Gasteiger partial charge in [0.15, 0.2) is 0 Å². The third kappa shape index (κ3) is 4.11. The standard InChI is InChI=1S/C22H20N4O5/c27-19(9-10-26-20(28)15-6-2-4-8-17(15)25-22(26)31)24-18(21(29)30)11-13-12-23-16-7-3-1-5-14(13)16/h1-8,12,18,23H,9-11H2,(H,24,27)(H,25,31)(H,29,30)/t18-/m0/s1. The van der Waals surface area contributed by atoms with E-state index in [-0.39, 0.29) is 19.4 Å². The minimum Gasteiger partial charge on any atom is -0.480 e. The van der Waals surface area contributed by atoms with E-state index >= 15 is 0 Å². The van der Waals surface area contributed by atoms with Crippen LogP contribution in [-0.4, -0.2) is 37.6 Å². The molecule has 0 fully saturated rings. The van der Waals surface area contributed by atoms with Crippen molar-refractivity contribution in [1.29, 1.82) is 0 Å². The largest absolute Gasteiger partial charge is 0.480 e. The van der Waals surface area contributed by atoms with E-state index in [0.29, 0.717) is 10.9 Å². The number of hydrogen-bond donors (Lipinski definition) is 4. The van der Waals surface area contributed by atoms with Crippen LogP contribution in [-0.2, 0) is 22.6 Å². The number of rotatable bonds is 7. The first kappa shape index (κ1) is 20.1. The lowest BCUT2D eigenvalue weighted by Gasteiger charge is -2.14. The van der Waals surface area contributed by atoms with Gasteiger partial charge in [-0.3, -0.25) is 14.2 Å². The van der Waals surface area contributed by atoms with Crippen LogP contribution >= 0.6 is 0 Å². The van der Waals surface area contributed by atoms with Crippen LogP contribution in [0.4, 0.5) is 0 Å². The summed E-state index contributed by atoms with van der Waals surface area (Å²) in [6.07, 6.45) is 1.61. The first-order valence-electron chi connectivity index (χ1n) is 9.73. The summed E-state index contributed by atoms with van der Waals surface area (Å²) in [5, 5.41) is 13.3. The quantitative estimate of drug-likeness (QED) is 0.358. The molecule has 1 atom stereocenters. The Morgan fingerprint density at radius 3 is 2.42 bits per heavy atom. The monoisotopic (exact) mass is 420 g/mol. The van der Waals surface area contributed by atoms with Gasteiger partial charge in [-0.2, -0.15) is 0 Å². The zero-order valence-electron chi connectivity index (χ0n) is 16.4. The fourth-order valence-electron chi connectivity index (χ4n) is 3.60. The number of benzene rings is 2. The smallest absolute Gasteiger partial charge is 0.328 e. The number of carbonyl (C=O) groups excluding carboxylic acids is 1. The molecular formula is C22H20N4O5. The molecule has 0 saturated carbocycles. The predicted octanol–water partition coefficient (Wildman–Crippen LogP) is 1.37. The Morgan fingerprint density at radius 1 is 1.00 bits per heavy atom. The van der Waals surface area contributed by atoms with E-state index in [9.17, 15) is 24.3 Å². The van der Waals surface area contributed by atoms with Gasteiger partial charge in [-0.05, 0) is 23.8 Å². The van der Waals surface area contributed by atoms with Crippen molar-refractivity contribution < 1.29 is 14.7 Å². The Balaban J connectivity index is 1.47. The second-order valence-corrected chi connectivity index (χ2v) is 7.20. The molecule has 0 radical (unpaired) electrons. The maximum Gasteiger partial charge on any atom is 0.328 e. The van der Waals surface area contributed by atoms with Crippen molar-refractivity contribution in [2.45, 2.75) is 25.4 Å². The summed E-state index contributed by atoms with van der Waals surface area (Å²) < 4.78 is 0.942. The highest BCUT2D eigenvalue weighted by Gasteiger charge is 2.22. The van der Waals surface area contributed by atoms with Crippen LogP contribution in [0.25, 0.3) is 21.8 Å². The summed E-state index contributed by atoms with van der Waals surface area (Å²) in [5.41, 5.74) is 0.946. The number of para-hydroxylation sites is 2. The molecule has 0 saturated heterocycles. The fourth-order valence-corrected chi connectivity index (χ4v) is 3.60. The lowest BCUT2D eigenvalue weighted by molar-refractivity contribution is -0.141. The fraction of sp³-hybridized carbons (Fsp3) is 0.182. The molecule has 1 amide bonds. The summed E-state index contributed by atoms with van der Waals surface area (Å²) in [7, 11) is 0. The molecule has 9 heteroatoms. The molecule has 9 nitrogen and oxygen atoms in total. The number of amides is 1. The number of carboxylic acid groups (broad SMARTS) is 1. The number of nitrogens with one attached hydrogen (secondary N) is 3. The second kappa shape index (κ2) is 8.31. The molecular weight excluding hydrogens is 400 g/mol. The number of hydrogen-bond acceptors (Lipinski definition) is 4. The summed E-state index contributed by atoms with van der Waals surface area (Å²) in [6, 6.07) is 12.9. The highest BCUT2D eigenvalue weighted by atomic mass is 16.4. The number of fused-ring (bicyclic) bond motifs is 2. The van der Waals surface area contributed by atoms with Gasteiger partial charge in [-0.25, -0.2) is 9.59 Å². The normalized spacial score (nSPS) is 12.1. The Labute approximate surface area is 175 Å². The van der Waals surface area contributed by atoms with Crippen LogP contribution in [0.2, 0.25) is 0 Å². The van der Waals surface area contributed by atoms with Gasteiger partial charge in [0.2, 0.25) is 5.91 Å². The summed E-state index contributed by atoms with van der Waals surface area (Å²) in [6.45, 7) is -0.162. The van der Waals surface area contributed by atoms with E-state index in [2.05, 4.69) is 15.3 Å². The second-order valence-electron chi connectivity index (χ2n) is 7.20. The van der Waals surface area contributed by atoms with Crippen LogP contribution in [0.5, 0.6) is 0 Å². The van der Waals surface area contributed by atoms with Crippen molar-refractivity contribution >= 4 is 33.7 Å². The van der Waals surface area contributed by atoms with Crippen molar-refractivity contribution in [3.05, 3.63) is 81.1 Å². The summed E-state index contributed by atoms with van der Waals surface area (Å²) >= 11 is 0. The van der Waals surface area contributed by atoms with Crippen molar-refractivity contribution in [3.63, 3.8) is 0 Å². The maximum absolute atomic E-state index is 12.5. The van der Waals surface area contributed by atoms with Crippen molar-refractivity contribution in [1.82, 2.24) is 19.9 Å². The number of aliphatic carboxylic acids is 1. The number of carbonyl (C=O) groups is 2. The number of aromatic amines is 2. The minimum atomic E-state index is -1.17. The topological polar surface area (TPSA) is 137 Å². The molecule has 0 aliphatic carbocycles. The highest BCUT2D eigenvalue weighted by Crippen LogP contribution is 2.19. The van der Waals surface area contributed by atoms with Gasteiger partial charge in [0.05, 0.1) is 10.9 Å². The number of carboxylic acids is 1. The van der Waals surface area contributed by atoms with E-state index < -0.39 is 29.2 Å². The van der Waals surface area contributed by atoms with Gasteiger partial charge >= 0.3 is 11.7 Å². The van der Waals surface area contributed by atoms with Crippen molar-refractivity contribution in [2.24, 2.45) is 0 Å². The van der Waals surface area contributed by atoms with E-state index in [1.165, 1.54) is 0 Å². The Kier molecular flexibility index (Phi) is 5.40. The first-order chi connectivity index (χ1) is 14.9. The molecule has 158 valence electrons. The van der Waals surface area contributed by atoms with E-state index in [1.54, 1.807) is 30.5 Å². The molecule has 0 aliphatic heterocycles. The van der Waals surface area contributed by atoms with Gasteiger partial charge in [0.25, 0.3) is 5.56 Å². The third-order valence-corrected chi connectivity index (χ3v) is 5.18. The third-order valence-electron chi connectivity index (χ3n) is 5.18.